The molecule has 1 fully saturated rings. The van der Waals surface area contributed by atoms with Crippen LogP contribution in [0.25, 0.3) is 11.0 Å². The predicted molar refractivity (Wildman–Crippen MR) is 122 cm³/mol. The van der Waals surface area contributed by atoms with Gasteiger partial charge in [-0.2, -0.15) is 0 Å². The van der Waals surface area contributed by atoms with Crippen LogP contribution in [-0.4, -0.2) is 48.1 Å². The van der Waals surface area contributed by atoms with E-state index in [0.717, 1.165) is 5.56 Å². The summed E-state index contributed by atoms with van der Waals surface area (Å²) in [6.07, 6.45) is 4.15. The van der Waals surface area contributed by atoms with Crippen molar-refractivity contribution in [1.29, 1.82) is 0 Å². The molecule has 0 spiro atoms. The quantitative estimate of drug-likeness (QED) is 0.563. The van der Waals surface area contributed by atoms with E-state index in [1.165, 1.54) is 35.1 Å². The maximum absolute atomic E-state index is 13.7. The molecule has 2 aromatic heterocycles. The van der Waals surface area contributed by atoms with Crippen LogP contribution in [-0.2, 0) is 10.0 Å². The van der Waals surface area contributed by atoms with Crippen LogP contribution in [0.3, 0.4) is 0 Å². The zero-order valence-corrected chi connectivity index (χ0v) is 19.6. The zero-order chi connectivity index (χ0) is 23.9. The highest BCUT2D eigenvalue weighted by molar-refractivity contribution is 7.88. The van der Waals surface area contributed by atoms with Gasteiger partial charge >= 0.3 is 6.03 Å². The number of furan rings is 1. The maximum Gasteiger partial charge on any atom is 0.319 e. The molecule has 1 atom stereocenters. The highest BCUT2D eigenvalue weighted by Crippen LogP contribution is 2.33. The minimum absolute atomic E-state index is 0.00916. The summed E-state index contributed by atoms with van der Waals surface area (Å²) in [5.74, 6) is 0.710. The first-order valence-corrected chi connectivity index (χ1v) is 12.4. The van der Waals surface area contributed by atoms with Crippen LogP contribution in [0.1, 0.15) is 43.0 Å². The van der Waals surface area contributed by atoms with E-state index in [2.05, 4.69) is 20.6 Å². The SMILES string of the molecule is Cc1c([C@@H](NC(=O)Nc2cnc(C3CN(S(C)(=O)=O)C3)nc2)C(C)C)oc2ccc(F)cc12. The Morgan fingerprint density at radius 1 is 1.24 bits per heavy atom. The number of amides is 2. The Morgan fingerprint density at radius 3 is 2.52 bits per heavy atom. The van der Waals surface area contributed by atoms with E-state index in [1.54, 1.807) is 6.07 Å². The third kappa shape index (κ3) is 4.83. The third-order valence-electron chi connectivity index (χ3n) is 5.78. The van der Waals surface area contributed by atoms with Crippen LogP contribution in [0.15, 0.2) is 35.0 Å². The molecule has 0 aliphatic carbocycles. The maximum atomic E-state index is 13.7. The van der Waals surface area contributed by atoms with E-state index in [0.29, 0.717) is 41.3 Å². The van der Waals surface area contributed by atoms with Gasteiger partial charge in [0.15, 0.2) is 0 Å². The molecule has 0 saturated carbocycles. The average molecular weight is 476 g/mol. The first-order chi connectivity index (χ1) is 15.5. The van der Waals surface area contributed by atoms with Crippen LogP contribution >= 0.6 is 0 Å². The summed E-state index contributed by atoms with van der Waals surface area (Å²) in [7, 11) is -3.20. The lowest BCUT2D eigenvalue weighted by molar-refractivity contribution is 0.241. The highest BCUT2D eigenvalue weighted by Gasteiger charge is 2.35. The number of carbonyl (C=O) groups excluding carboxylic acids is 1. The fraction of sp³-hybridized carbons (Fsp3) is 0.409. The minimum atomic E-state index is -3.20. The molecular weight excluding hydrogens is 449 g/mol. The van der Waals surface area contributed by atoms with Crippen molar-refractivity contribution in [3.63, 3.8) is 0 Å². The number of rotatable bonds is 6. The molecule has 1 aliphatic rings. The van der Waals surface area contributed by atoms with Crippen molar-refractivity contribution in [1.82, 2.24) is 19.6 Å². The van der Waals surface area contributed by atoms with Gasteiger partial charge in [-0.15, -0.1) is 0 Å². The van der Waals surface area contributed by atoms with E-state index in [1.807, 2.05) is 20.8 Å². The number of aromatic nitrogens is 2. The Bertz CT molecular complexity index is 1280. The van der Waals surface area contributed by atoms with Crippen LogP contribution in [0.5, 0.6) is 0 Å². The number of hydrogen-bond donors (Lipinski definition) is 2. The van der Waals surface area contributed by atoms with Gasteiger partial charge in [-0.1, -0.05) is 13.8 Å². The third-order valence-corrected chi connectivity index (χ3v) is 7.02. The summed E-state index contributed by atoms with van der Waals surface area (Å²) in [6.45, 7) is 6.45. The van der Waals surface area contributed by atoms with Gasteiger partial charge in [-0.25, -0.2) is 31.9 Å². The number of halogens is 1. The fourth-order valence-corrected chi connectivity index (χ4v) is 4.74. The summed E-state index contributed by atoms with van der Waals surface area (Å²) < 4.78 is 44.0. The second kappa shape index (κ2) is 8.71. The molecular formula is C22H26FN5O4S. The zero-order valence-electron chi connectivity index (χ0n) is 18.8. The number of hydrogen-bond acceptors (Lipinski definition) is 6. The van der Waals surface area contributed by atoms with Gasteiger partial charge in [0.05, 0.1) is 30.4 Å². The molecule has 176 valence electrons. The molecule has 0 unspecified atom stereocenters. The van der Waals surface area contributed by atoms with Crippen molar-refractivity contribution in [2.75, 3.05) is 24.7 Å². The molecule has 0 radical (unpaired) electrons. The number of benzene rings is 1. The number of urea groups is 1. The summed E-state index contributed by atoms with van der Waals surface area (Å²) in [4.78, 5) is 21.2. The molecule has 1 saturated heterocycles. The number of nitrogens with zero attached hydrogens (tertiary/aromatic N) is 3. The van der Waals surface area contributed by atoms with Gasteiger partial charge in [0.2, 0.25) is 10.0 Å². The molecule has 33 heavy (non-hydrogen) atoms. The van der Waals surface area contributed by atoms with Gasteiger partial charge < -0.3 is 15.1 Å². The second-order valence-corrected chi connectivity index (χ2v) is 10.6. The summed E-state index contributed by atoms with van der Waals surface area (Å²) >= 11 is 0. The van der Waals surface area contributed by atoms with Gasteiger partial charge in [0.1, 0.15) is 23.0 Å². The van der Waals surface area contributed by atoms with Crippen molar-refractivity contribution in [3.8, 4) is 0 Å². The lowest BCUT2D eigenvalue weighted by Gasteiger charge is -2.35. The largest absolute Gasteiger partial charge is 0.459 e. The lowest BCUT2D eigenvalue weighted by atomic mass is 9.98. The van der Waals surface area contributed by atoms with E-state index >= 15 is 0 Å². The smallest absolute Gasteiger partial charge is 0.319 e. The van der Waals surface area contributed by atoms with Gasteiger partial charge in [0, 0.05) is 30.0 Å². The summed E-state index contributed by atoms with van der Waals surface area (Å²) in [6, 6.07) is 3.45. The second-order valence-electron chi connectivity index (χ2n) is 8.66. The Balaban J connectivity index is 1.42. The molecule has 9 nitrogen and oxygen atoms in total. The standard InChI is InChI=1S/C22H26FN5O4S/c1-12(2)19(20-13(3)17-7-15(23)5-6-18(17)32-20)27-22(29)26-16-8-24-21(25-9-16)14-10-28(11-14)33(4,30)31/h5-9,12,14,19H,10-11H2,1-4H3,(H2,26,27,29)/t19-/m0/s1. The molecule has 2 N–H and O–H groups in total. The van der Waals surface area contributed by atoms with Crippen LogP contribution in [0, 0.1) is 18.7 Å². The van der Waals surface area contributed by atoms with Crippen LogP contribution in [0.4, 0.5) is 14.9 Å². The normalized spacial score (nSPS) is 16.1. The molecule has 1 aliphatic heterocycles. The topological polar surface area (TPSA) is 117 Å². The number of nitrogens with one attached hydrogen (secondary N) is 2. The van der Waals surface area contributed by atoms with Crippen molar-refractivity contribution in [2.24, 2.45) is 5.92 Å². The monoisotopic (exact) mass is 475 g/mol. The average Bonchev–Trinajstić information content (AvgIpc) is 3.01. The molecule has 3 aromatic rings. The Morgan fingerprint density at radius 2 is 1.91 bits per heavy atom. The van der Waals surface area contributed by atoms with Crippen LogP contribution < -0.4 is 10.6 Å². The molecule has 11 heteroatoms. The Kier molecular flexibility index (Phi) is 6.10. The Hall–Kier alpha value is -3.05. The number of fused-ring (bicyclic) bond motifs is 1. The van der Waals surface area contributed by atoms with Crippen LogP contribution in [0.2, 0.25) is 0 Å². The fourth-order valence-electron chi connectivity index (χ4n) is 3.84. The van der Waals surface area contributed by atoms with E-state index in [4.69, 9.17) is 4.42 Å². The van der Waals surface area contributed by atoms with Gasteiger partial charge in [-0.05, 0) is 31.0 Å². The van der Waals surface area contributed by atoms with Crippen molar-refractivity contribution in [3.05, 3.63) is 53.6 Å². The van der Waals surface area contributed by atoms with E-state index < -0.39 is 22.1 Å². The van der Waals surface area contributed by atoms with Crippen molar-refractivity contribution < 1.29 is 22.0 Å². The molecule has 3 heterocycles. The van der Waals surface area contributed by atoms with Crippen molar-refractivity contribution in [2.45, 2.75) is 32.7 Å². The number of aryl methyl sites for hydroxylation is 1. The summed E-state index contributed by atoms with van der Waals surface area (Å²) in [5, 5.41) is 6.30. The molecule has 4 rings (SSSR count). The first-order valence-electron chi connectivity index (χ1n) is 10.6. The number of anilines is 1. The molecule has 1 aromatic carbocycles. The molecule has 2 amide bonds. The van der Waals surface area contributed by atoms with Gasteiger partial charge in [0.25, 0.3) is 0 Å². The minimum Gasteiger partial charge on any atom is -0.459 e. The lowest BCUT2D eigenvalue weighted by Crippen LogP contribution is -2.48. The first kappa shape index (κ1) is 23.1. The Labute approximate surface area is 191 Å². The van der Waals surface area contributed by atoms with E-state index in [9.17, 15) is 17.6 Å². The van der Waals surface area contributed by atoms with E-state index in [-0.39, 0.29) is 17.7 Å². The number of sulfonamides is 1. The highest BCUT2D eigenvalue weighted by atomic mass is 32.2. The van der Waals surface area contributed by atoms with Gasteiger partial charge in [-0.3, -0.25) is 0 Å². The van der Waals surface area contributed by atoms with Crippen molar-refractivity contribution >= 4 is 32.7 Å². The predicted octanol–water partition coefficient (Wildman–Crippen LogP) is 3.55. The summed E-state index contributed by atoms with van der Waals surface area (Å²) in [5.41, 5.74) is 1.74. The molecule has 0 bridgehead atoms. The number of carbonyl (C=O) groups is 1.